The summed E-state index contributed by atoms with van der Waals surface area (Å²) >= 11 is 1.91. The van der Waals surface area contributed by atoms with E-state index in [9.17, 15) is 0 Å². The molecule has 0 amide bonds. The van der Waals surface area contributed by atoms with Crippen molar-refractivity contribution in [3.05, 3.63) is 223 Å². The van der Waals surface area contributed by atoms with Gasteiger partial charge in [0.1, 0.15) is 0 Å². The first-order chi connectivity index (χ1) is 32.1. The first kappa shape index (κ1) is 40.3. The summed E-state index contributed by atoms with van der Waals surface area (Å²) in [7, 11) is -1.42. The maximum atomic E-state index is 2.43. The van der Waals surface area contributed by atoms with Gasteiger partial charge in [0.25, 0.3) is 0 Å². The topological polar surface area (TPSA) is 6.48 Å². The minimum absolute atomic E-state index is 0.0882. The van der Waals surface area contributed by atoms with Gasteiger partial charge in [-0.05, 0) is 128 Å². The predicted octanol–water partition coefficient (Wildman–Crippen LogP) is 17.8. The van der Waals surface area contributed by atoms with Crippen LogP contribution in [0, 0.1) is 0 Å². The SMILES string of the molecule is CC1(C)c2ccccc2-c2ccc(N(c3ccccc3)c3ccc4c(c3)sc3c5ccc(-c6ccc(N(c7ccccc7)c7ccc([Si](C)(C)C)cc7)cc6)cc5c5ccccc5c43)cc21. The van der Waals surface area contributed by atoms with E-state index in [-0.39, 0.29) is 5.41 Å². The Hall–Kier alpha value is -7.24. The van der Waals surface area contributed by atoms with Gasteiger partial charge >= 0.3 is 0 Å². The van der Waals surface area contributed by atoms with Crippen molar-refractivity contribution in [1.29, 1.82) is 0 Å². The number of anilines is 6. The van der Waals surface area contributed by atoms with Gasteiger partial charge in [0, 0.05) is 65.1 Å². The molecule has 0 saturated carbocycles. The van der Waals surface area contributed by atoms with Gasteiger partial charge in [-0.15, -0.1) is 11.3 Å². The fraction of sp³-hybridized carbons (Fsp3) is 0.0968. The summed E-state index contributed by atoms with van der Waals surface area (Å²) in [5.41, 5.74) is 14.7. The van der Waals surface area contributed by atoms with Crippen LogP contribution in [-0.2, 0) is 5.41 Å². The van der Waals surface area contributed by atoms with Crippen LogP contribution in [0.5, 0.6) is 0 Å². The van der Waals surface area contributed by atoms with Crippen molar-refractivity contribution in [3.63, 3.8) is 0 Å². The molecule has 0 radical (unpaired) electrons. The molecule has 1 heterocycles. The molecule has 1 aliphatic rings. The van der Waals surface area contributed by atoms with Crippen molar-refractivity contribution in [2.45, 2.75) is 38.9 Å². The average Bonchev–Trinajstić information content (AvgIpc) is 3.84. The van der Waals surface area contributed by atoms with Gasteiger partial charge in [-0.1, -0.05) is 172 Å². The van der Waals surface area contributed by atoms with E-state index < -0.39 is 8.07 Å². The summed E-state index contributed by atoms with van der Waals surface area (Å²) in [6.45, 7) is 11.9. The van der Waals surface area contributed by atoms with Crippen molar-refractivity contribution in [2.24, 2.45) is 0 Å². The number of hydrogen-bond acceptors (Lipinski definition) is 3. The maximum Gasteiger partial charge on any atom is 0.0775 e. The molecule has 0 bridgehead atoms. The molecule has 1 aromatic heterocycles. The van der Waals surface area contributed by atoms with Gasteiger partial charge in [-0.25, -0.2) is 0 Å². The molecule has 10 aromatic carbocycles. The van der Waals surface area contributed by atoms with Crippen molar-refractivity contribution in [2.75, 3.05) is 9.80 Å². The second-order valence-corrected chi connectivity index (χ2v) is 25.5. The minimum atomic E-state index is -1.42. The van der Waals surface area contributed by atoms with E-state index in [0.29, 0.717) is 0 Å². The molecule has 0 fully saturated rings. The van der Waals surface area contributed by atoms with Crippen LogP contribution in [0.2, 0.25) is 19.6 Å². The molecular weight excluding hydrogens is 833 g/mol. The van der Waals surface area contributed by atoms with E-state index >= 15 is 0 Å². The molecule has 1 aliphatic carbocycles. The fourth-order valence-electron chi connectivity index (χ4n) is 10.6. The van der Waals surface area contributed by atoms with Crippen LogP contribution >= 0.6 is 11.3 Å². The lowest BCUT2D eigenvalue weighted by Crippen LogP contribution is -2.37. The highest BCUT2D eigenvalue weighted by molar-refractivity contribution is 7.27. The zero-order valence-corrected chi connectivity index (χ0v) is 39.8. The molecule has 4 heteroatoms. The van der Waals surface area contributed by atoms with E-state index in [2.05, 4.69) is 256 Å². The normalized spacial score (nSPS) is 13.0. The number of nitrogens with zero attached hydrogens (tertiary/aromatic N) is 2. The lowest BCUT2D eigenvalue weighted by molar-refractivity contribution is 0.660. The predicted molar refractivity (Wildman–Crippen MR) is 290 cm³/mol. The summed E-state index contributed by atoms with van der Waals surface area (Å²) in [6, 6.07) is 79.0. The Morgan fingerprint density at radius 1 is 0.379 bits per heavy atom. The summed E-state index contributed by atoms with van der Waals surface area (Å²) in [5.74, 6) is 0. The van der Waals surface area contributed by atoms with E-state index in [1.54, 1.807) is 0 Å². The molecule has 318 valence electrons. The van der Waals surface area contributed by atoms with Crippen molar-refractivity contribution < 1.29 is 0 Å². The Kier molecular flexibility index (Phi) is 9.43. The molecule has 0 atom stereocenters. The zero-order valence-electron chi connectivity index (χ0n) is 38.0. The van der Waals surface area contributed by atoms with Crippen LogP contribution in [0.4, 0.5) is 34.1 Å². The molecule has 0 N–H and O–H groups in total. The Labute approximate surface area is 392 Å². The number of hydrogen-bond donors (Lipinski definition) is 0. The second kappa shape index (κ2) is 15.4. The van der Waals surface area contributed by atoms with Crippen LogP contribution in [-0.4, -0.2) is 8.07 Å². The smallest absolute Gasteiger partial charge is 0.0775 e. The molecule has 11 aromatic rings. The minimum Gasteiger partial charge on any atom is -0.311 e. The Morgan fingerprint density at radius 2 is 0.894 bits per heavy atom. The van der Waals surface area contributed by atoms with E-state index in [1.807, 2.05) is 11.3 Å². The molecule has 0 aliphatic heterocycles. The van der Waals surface area contributed by atoms with Gasteiger partial charge in [0.2, 0.25) is 0 Å². The first-order valence-corrected chi connectivity index (χ1v) is 27.4. The molecule has 0 saturated heterocycles. The van der Waals surface area contributed by atoms with Gasteiger partial charge < -0.3 is 9.80 Å². The third-order valence-electron chi connectivity index (χ3n) is 14.0. The largest absolute Gasteiger partial charge is 0.311 e. The van der Waals surface area contributed by atoms with E-state index in [4.69, 9.17) is 0 Å². The first-order valence-electron chi connectivity index (χ1n) is 23.1. The molecule has 0 spiro atoms. The fourth-order valence-corrected chi connectivity index (χ4v) is 13.0. The summed E-state index contributed by atoms with van der Waals surface area (Å²) in [5, 5.41) is 9.26. The van der Waals surface area contributed by atoms with E-state index in [1.165, 1.54) is 91.7 Å². The highest BCUT2D eigenvalue weighted by Gasteiger charge is 2.36. The van der Waals surface area contributed by atoms with Crippen LogP contribution in [0.15, 0.2) is 212 Å². The monoisotopic (exact) mass is 882 g/mol. The standard InChI is InChI=1S/C62H50N2SSi/c1-62(2)57-23-15-14-21-51(57)52-36-31-47(39-58(52)62)64(44-18-10-7-11-19-44)48-32-37-55-59(40-48)65-61-54-35-26-42(38-56(54)50-20-12-13-22-53(50)60(55)61)41-24-27-45(28-25-41)63(43-16-8-6-9-17-43)46-29-33-49(34-30-46)66(3,4)5/h6-40H,1-5H3. The summed E-state index contributed by atoms with van der Waals surface area (Å²) in [4.78, 5) is 4.79. The number of benzene rings is 10. The van der Waals surface area contributed by atoms with Crippen LogP contribution in [0.25, 0.3) is 64.0 Å². The number of rotatable bonds is 8. The van der Waals surface area contributed by atoms with Crippen LogP contribution < -0.4 is 15.0 Å². The molecule has 66 heavy (non-hydrogen) atoms. The number of fused-ring (bicyclic) bond motifs is 11. The molecular formula is C62H50N2SSi. The van der Waals surface area contributed by atoms with Crippen LogP contribution in [0.3, 0.4) is 0 Å². The van der Waals surface area contributed by atoms with Gasteiger partial charge in [0.15, 0.2) is 0 Å². The maximum absolute atomic E-state index is 2.43. The Balaban J connectivity index is 0.949. The van der Waals surface area contributed by atoms with Gasteiger partial charge in [-0.2, -0.15) is 0 Å². The summed E-state index contributed by atoms with van der Waals surface area (Å²) < 4.78 is 2.62. The average molecular weight is 883 g/mol. The lowest BCUT2D eigenvalue weighted by atomic mass is 9.82. The van der Waals surface area contributed by atoms with Gasteiger partial charge in [-0.3, -0.25) is 0 Å². The van der Waals surface area contributed by atoms with E-state index in [0.717, 1.165) is 22.7 Å². The number of para-hydroxylation sites is 2. The van der Waals surface area contributed by atoms with Crippen molar-refractivity contribution >= 4 is 100 Å². The third kappa shape index (κ3) is 6.58. The highest BCUT2D eigenvalue weighted by atomic mass is 32.1. The van der Waals surface area contributed by atoms with Gasteiger partial charge in [0.05, 0.1) is 8.07 Å². The van der Waals surface area contributed by atoms with Crippen LogP contribution in [0.1, 0.15) is 25.0 Å². The molecule has 2 nitrogen and oxygen atoms in total. The third-order valence-corrected chi connectivity index (χ3v) is 17.2. The Morgan fingerprint density at radius 3 is 1.59 bits per heavy atom. The quantitative estimate of drug-likeness (QED) is 0.111. The van der Waals surface area contributed by atoms with Crippen molar-refractivity contribution in [3.8, 4) is 22.3 Å². The molecule has 0 unspecified atom stereocenters. The Bertz CT molecular complexity index is 3640. The second-order valence-electron chi connectivity index (χ2n) is 19.4. The summed E-state index contributed by atoms with van der Waals surface area (Å²) in [6.07, 6.45) is 0. The molecule has 12 rings (SSSR count). The lowest BCUT2D eigenvalue weighted by Gasteiger charge is -2.28. The highest BCUT2D eigenvalue weighted by Crippen LogP contribution is 2.52. The zero-order chi connectivity index (χ0) is 44.7. The van der Waals surface area contributed by atoms with Crippen molar-refractivity contribution in [1.82, 2.24) is 0 Å². The number of thiophene rings is 1.